The molecule has 1 aromatic rings. The Balaban J connectivity index is 2.67. The van der Waals surface area contributed by atoms with Crippen LogP contribution in [0.1, 0.15) is 30.6 Å². The fraction of sp³-hybridized carbons (Fsp3) is 0.385. The van der Waals surface area contributed by atoms with E-state index in [2.05, 4.69) is 5.32 Å². The summed E-state index contributed by atoms with van der Waals surface area (Å²) in [5, 5.41) is 12.0. The van der Waals surface area contributed by atoms with Crippen LogP contribution in [0, 0.1) is 0 Å². The van der Waals surface area contributed by atoms with Gasteiger partial charge >= 0.3 is 5.97 Å². The van der Waals surface area contributed by atoms with Gasteiger partial charge in [0.1, 0.15) is 11.3 Å². The van der Waals surface area contributed by atoms with E-state index in [1.54, 1.807) is 0 Å². The molecule has 104 valence electrons. The Morgan fingerprint density at radius 1 is 1.47 bits per heavy atom. The minimum Gasteiger partial charge on any atom is -0.483 e. The van der Waals surface area contributed by atoms with E-state index >= 15 is 0 Å². The predicted octanol–water partition coefficient (Wildman–Crippen LogP) is 2.33. The molecule has 0 aliphatic heterocycles. The zero-order chi connectivity index (χ0) is 14.4. The topological polar surface area (TPSA) is 75.6 Å². The average Bonchev–Trinajstić information content (AvgIpc) is 2.36. The van der Waals surface area contributed by atoms with Gasteiger partial charge in [0, 0.05) is 11.1 Å². The summed E-state index contributed by atoms with van der Waals surface area (Å²) in [6.07, 6.45) is 0.813. The van der Waals surface area contributed by atoms with Gasteiger partial charge in [-0.25, -0.2) is 4.79 Å². The van der Waals surface area contributed by atoms with E-state index in [1.165, 1.54) is 18.2 Å². The Kier molecular flexibility index (Phi) is 5.63. The molecule has 0 saturated heterocycles. The van der Waals surface area contributed by atoms with Gasteiger partial charge in [0.25, 0.3) is 5.91 Å². The molecule has 1 amide bonds. The van der Waals surface area contributed by atoms with Crippen LogP contribution in [0.3, 0.4) is 0 Å². The molecular formula is C13H16ClNO4. The van der Waals surface area contributed by atoms with Gasteiger partial charge in [-0.1, -0.05) is 18.5 Å². The van der Waals surface area contributed by atoms with Crippen LogP contribution in [0.15, 0.2) is 18.2 Å². The molecule has 5 nitrogen and oxygen atoms in total. The number of carbonyl (C=O) groups excluding carboxylic acids is 1. The molecule has 0 fully saturated rings. The summed E-state index contributed by atoms with van der Waals surface area (Å²) < 4.78 is 5.21. The summed E-state index contributed by atoms with van der Waals surface area (Å²) in [4.78, 5) is 22.5. The van der Waals surface area contributed by atoms with Gasteiger partial charge in [0.15, 0.2) is 6.61 Å². The van der Waals surface area contributed by atoms with Crippen molar-refractivity contribution in [3.8, 4) is 5.75 Å². The number of benzene rings is 1. The number of carbonyl (C=O) groups is 2. The fourth-order valence-electron chi connectivity index (χ4n) is 1.36. The van der Waals surface area contributed by atoms with E-state index in [1.807, 2.05) is 13.8 Å². The molecule has 19 heavy (non-hydrogen) atoms. The molecule has 1 rings (SSSR count). The number of hydrogen-bond acceptors (Lipinski definition) is 3. The van der Waals surface area contributed by atoms with Gasteiger partial charge in [-0.05, 0) is 31.5 Å². The molecule has 0 unspecified atom stereocenters. The first-order valence-electron chi connectivity index (χ1n) is 5.89. The van der Waals surface area contributed by atoms with Crippen molar-refractivity contribution in [1.29, 1.82) is 0 Å². The first kappa shape index (κ1) is 15.3. The Morgan fingerprint density at radius 3 is 2.74 bits per heavy atom. The van der Waals surface area contributed by atoms with Crippen LogP contribution in [-0.4, -0.2) is 29.6 Å². The number of nitrogens with one attached hydrogen (secondary N) is 1. The van der Waals surface area contributed by atoms with E-state index in [0.29, 0.717) is 5.02 Å². The number of ether oxygens (including phenoxy) is 1. The molecule has 0 heterocycles. The smallest absolute Gasteiger partial charge is 0.339 e. The van der Waals surface area contributed by atoms with Crippen LogP contribution < -0.4 is 10.1 Å². The maximum atomic E-state index is 11.5. The maximum Gasteiger partial charge on any atom is 0.339 e. The SMILES string of the molecule is CC[C@@H](C)NC(=O)COc1ccc(Cl)cc1C(=O)O. The fourth-order valence-corrected chi connectivity index (χ4v) is 1.53. The van der Waals surface area contributed by atoms with E-state index in [0.717, 1.165) is 6.42 Å². The minimum absolute atomic E-state index is 0.0558. The third kappa shape index (κ3) is 4.79. The van der Waals surface area contributed by atoms with E-state index in [-0.39, 0.29) is 29.9 Å². The molecule has 0 aliphatic carbocycles. The number of halogens is 1. The van der Waals surface area contributed by atoms with Crippen molar-refractivity contribution in [3.63, 3.8) is 0 Å². The zero-order valence-electron chi connectivity index (χ0n) is 10.8. The van der Waals surface area contributed by atoms with Crippen LogP contribution in [0.4, 0.5) is 0 Å². The molecule has 1 atom stereocenters. The lowest BCUT2D eigenvalue weighted by Crippen LogP contribution is -2.35. The number of carboxylic acids is 1. The molecule has 0 saturated carbocycles. The van der Waals surface area contributed by atoms with Gasteiger partial charge in [-0.2, -0.15) is 0 Å². The van der Waals surface area contributed by atoms with Gasteiger partial charge < -0.3 is 15.2 Å². The van der Waals surface area contributed by atoms with Gasteiger partial charge in [0.05, 0.1) is 0 Å². The molecule has 0 aliphatic rings. The quantitative estimate of drug-likeness (QED) is 0.841. The number of rotatable bonds is 6. The molecule has 6 heteroatoms. The summed E-state index contributed by atoms with van der Waals surface area (Å²) in [7, 11) is 0. The zero-order valence-corrected chi connectivity index (χ0v) is 11.5. The third-order valence-corrected chi connectivity index (χ3v) is 2.79. The number of aromatic carboxylic acids is 1. The van der Waals surface area contributed by atoms with Gasteiger partial charge in [-0.3, -0.25) is 4.79 Å². The normalized spacial score (nSPS) is 11.7. The van der Waals surface area contributed by atoms with Crippen molar-refractivity contribution in [1.82, 2.24) is 5.32 Å². The van der Waals surface area contributed by atoms with Crippen molar-refractivity contribution in [2.75, 3.05) is 6.61 Å². The molecular weight excluding hydrogens is 270 g/mol. The lowest BCUT2D eigenvalue weighted by Gasteiger charge is -2.13. The van der Waals surface area contributed by atoms with Gasteiger partial charge in [0.2, 0.25) is 0 Å². The molecule has 2 N–H and O–H groups in total. The highest BCUT2D eigenvalue weighted by molar-refractivity contribution is 6.31. The highest BCUT2D eigenvalue weighted by Gasteiger charge is 2.13. The number of carboxylic acid groups (broad SMARTS) is 1. The van der Waals surface area contributed by atoms with E-state index < -0.39 is 5.97 Å². The molecule has 0 aromatic heterocycles. The number of hydrogen-bond donors (Lipinski definition) is 2. The number of amides is 1. The van der Waals surface area contributed by atoms with Crippen molar-refractivity contribution >= 4 is 23.5 Å². The first-order valence-corrected chi connectivity index (χ1v) is 6.26. The summed E-state index contributed by atoms with van der Waals surface area (Å²) in [5.74, 6) is -1.32. The van der Waals surface area contributed by atoms with Crippen LogP contribution in [0.5, 0.6) is 5.75 Å². The van der Waals surface area contributed by atoms with Crippen LogP contribution in [0.25, 0.3) is 0 Å². The standard InChI is InChI=1S/C13H16ClNO4/c1-3-8(2)15-12(16)7-19-11-5-4-9(14)6-10(11)13(17)18/h4-6,8H,3,7H2,1-2H3,(H,15,16)(H,17,18)/t8-/m1/s1. The molecule has 0 spiro atoms. The van der Waals surface area contributed by atoms with Crippen molar-refractivity contribution in [3.05, 3.63) is 28.8 Å². The van der Waals surface area contributed by atoms with E-state index in [9.17, 15) is 9.59 Å². The second kappa shape index (κ2) is 6.99. The molecule has 1 aromatic carbocycles. The second-order valence-corrected chi connectivity index (χ2v) is 4.55. The summed E-state index contributed by atoms with van der Waals surface area (Å²) in [6.45, 7) is 3.60. The molecule has 0 bridgehead atoms. The van der Waals surface area contributed by atoms with Crippen LogP contribution in [0.2, 0.25) is 5.02 Å². The molecule has 0 radical (unpaired) electrons. The monoisotopic (exact) mass is 285 g/mol. The summed E-state index contributed by atoms with van der Waals surface area (Å²) in [6, 6.07) is 4.28. The Labute approximate surface area is 116 Å². The summed E-state index contributed by atoms with van der Waals surface area (Å²) >= 11 is 5.71. The largest absolute Gasteiger partial charge is 0.483 e. The van der Waals surface area contributed by atoms with Gasteiger partial charge in [-0.15, -0.1) is 0 Å². The Hall–Kier alpha value is -1.75. The highest BCUT2D eigenvalue weighted by atomic mass is 35.5. The Morgan fingerprint density at radius 2 is 2.16 bits per heavy atom. The Bertz CT molecular complexity index is 476. The van der Waals surface area contributed by atoms with Crippen molar-refractivity contribution < 1.29 is 19.4 Å². The van der Waals surface area contributed by atoms with E-state index in [4.69, 9.17) is 21.4 Å². The first-order chi connectivity index (χ1) is 8.93. The van der Waals surface area contributed by atoms with Crippen molar-refractivity contribution in [2.24, 2.45) is 0 Å². The average molecular weight is 286 g/mol. The second-order valence-electron chi connectivity index (χ2n) is 4.11. The lowest BCUT2D eigenvalue weighted by atomic mass is 10.2. The van der Waals surface area contributed by atoms with Crippen LogP contribution >= 0.6 is 11.6 Å². The highest BCUT2D eigenvalue weighted by Crippen LogP contribution is 2.22. The lowest BCUT2D eigenvalue weighted by molar-refractivity contribution is -0.123. The summed E-state index contributed by atoms with van der Waals surface area (Å²) in [5.41, 5.74) is -0.0659. The van der Waals surface area contributed by atoms with Crippen LogP contribution in [-0.2, 0) is 4.79 Å². The third-order valence-electron chi connectivity index (χ3n) is 2.55. The van der Waals surface area contributed by atoms with Crippen molar-refractivity contribution in [2.45, 2.75) is 26.3 Å². The maximum absolute atomic E-state index is 11.5. The predicted molar refractivity (Wildman–Crippen MR) is 71.8 cm³/mol. The minimum atomic E-state index is -1.15.